The molecular formula is C14H22N4O2. The highest BCUT2D eigenvalue weighted by Gasteiger charge is 2.31. The van der Waals surface area contributed by atoms with E-state index in [2.05, 4.69) is 10.4 Å². The number of rotatable bonds is 4. The molecular weight excluding hydrogens is 256 g/mol. The number of nitrogens with one attached hydrogen (secondary N) is 1. The standard InChI is InChI=1S/C14H22N4O2/c1-9(2)18-12(7-8-16-18)14(20)17-11-6-4-3-5-10(11)13(15)19/h7-11H,3-6H2,1-2H3,(H2,15,19)(H,17,20). The van der Waals surface area contributed by atoms with Crippen LogP contribution in [0.1, 0.15) is 56.1 Å². The van der Waals surface area contributed by atoms with Crippen LogP contribution in [0.4, 0.5) is 0 Å². The van der Waals surface area contributed by atoms with Gasteiger partial charge in [-0.05, 0) is 32.8 Å². The van der Waals surface area contributed by atoms with Gasteiger partial charge in [0.1, 0.15) is 5.69 Å². The molecule has 0 radical (unpaired) electrons. The summed E-state index contributed by atoms with van der Waals surface area (Å²) in [4.78, 5) is 23.8. The van der Waals surface area contributed by atoms with Crippen molar-refractivity contribution < 1.29 is 9.59 Å². The second kappa shape index (κ2) is 6.07. The van der Waals surface area contributed by atoms with E-state index in [0.717, 1.165) is 25.7 Å². The van der Waals surface area contributed by atoms with Crippen LogP contribution in [0.25, 0.3) is 0 Å². The highest BCUT2D eigenvalue weighted by molar-refractivity contribution is 5.93. The van der Waals surface area contributed by atoms with Crippen molar-refractivity contribution in [1.82, 2.24) is 15.1 Å². The fourth-order valence-corrected chi connectivity index (χ4v) is 2.79. The molecule has 1 saturated carbocycles. The number of hydrogen-bond acceptors (Lipinski definition) is 3. The van der Waals surface area contributed by atoms with E-state index in [4.69, 9.17) is 5.73 Å². The quantitative estimate of drug-likeness (QED) is 0.868. The maximum Gasteiger partial charge on any atom is 0.269 e. The Balaban J connectivity index is 2.10. The first-order valence-electron chi connectivity index (χ1n) is 7.14. The van der Waals surface area contributed by atoms with Crippen LogP contribution in [0.15, 0.2) is 12.3 Å². The average Bonchev–Trinajstić information content (AvgIpc) is 2.88. The number of amides is 2. The smallest absolute Gasteiger partial charge is 0.269 e. The summed E-state index contributed by atoms with van der Waals surface area (Å²) in [6.45, 7) is 3.94. The second-order valence-electron chi connectivity index (χ2n) is 5.63. The predicted molar refractivity (Wildman–Crippen MR) is 75.0 cm³/mol. The molecule has 3 N–H and O–H groups in total. The topological polar surface area (TPSA) is 90.0 Å². The van der Waals surface area contributed by atoms with Crippen LogP contribution in [-0.2, 0) is 4.79 Å². The molecule has 0 bridgehead atoms. The highest BCUT2D eigenvalue weighted by Crippen LogP contribution is 2.24. The fraction of sp³-hybridized carbons (Fsp3) is 0.643. The molecule has 1 aliphatic carbocycles. The Labute approximate surface area is 118 Å². The maximum absolute atomic E-state index is 12.3. The highest BCUT2D eigenvalue weighted by atomic mass is 16.2. The number of hydrogen-bond donors (Lipinski definition) is 2. The van der Waals surface area contributed by atoms with Crippen molar-refractivity contribution in [3.63, 3.8) is 0 Å². The molecule has 0 spiro atoms. The molecule has 2 amide bonds. The summed E-state index contributed by atoms with van der Waals surface area (Å²) in [5.41, 5.74) is 5.94. The zero-order valence-electron chi connectivity index (χ0n) is 12.0. The van der Waals surface area contributed by atoms with Gasteiger partial charge in [-0.2, -0.15) is 5.10 Å². The Morgan fingerprint density at radius 1 is 1.40 bits per heavy atom. The Morgan fingerprint density at radius 3 is 2.75 bits per heavy atom. The third kappa shape index (κ3) is 3.00. The lowest BCUT2D eigenvalue weighted by molar-refractivity contribution is -0.123. The van der Waals surface area contributed by atoms with E-state index < -0.39 is 0 Å². The van der Waals surface area contributed by atoms with Crippen molar-refractivity contribution in [2.24, 2.45) is 11.7 Å². The van der Waals surface area contributed by atoms with E-state index in [0.29, 0.717) is 5.69 Å². The van der Waals surface area contributed by atoms with Crippen molar-refractivity contribution in [3.8, 4) is 0 Å². The normalized spacial score (nSPS) is 22.8. The van der Waals surface area contributed by atoms with Crippen molar-refractivity contribution in [2.45, 2.75) is 51.6 Å². The van der Waals surface area contributed by atoms with Gasteiger partial charge in [0.2, 0.25) is 5.91 Å². The molecule has 0 aliphatic heterocycles. The van der Waals surface area contributed by atoms with E-state index in [1.54, 1.807) is 16.9 Å². The molecule has 1 aromatic rings. The molecule has 1 fully saturated rings. The molecule has 20 heavy (non-hydrogen) atoms. The van der Waals surface area contributed by atoms with Gasteiger partial charge in [0.25, 0.3) is 5.91 Å². The van der Waals surface area contributed by atoms with Crippen molar-refractivity contribution >= 4 is 11.8 Å². The number of aromatic nitrogens is 2. The monoisotopic (exact) mass is 278 g/mol. The molecule has 6 heteroatoms. The van der Waals surface area contributed by atoms with Crippen molar-refractivity contribution in [1.29, 1.82) is 0 Å². The van der Waals surface area contributed by atoms with Crippen LogP contribution in [0.3, 0.4) is 0 Å². The lowest BCUT2D eigenvalue weighted by Crippen LogP contribution is -2.47. The minimum atomic E-state index is -0.327. The number of carbonyl (C=O) groups excluding carboxylic acids is 2. The van der Waals surface area contributed by atoms with Crippen LogP contribution in [0.5, 0.6) is 0 Å². The van der Waals surface area contributed by atoms with Gasteiger partial charge in [-0.1, -0.05) is 12.8 Å². The summed E-state index contributed by atoms with van der Waals surface area (Å²) in [5.74, 6) is -0.773. The Kier molecular flexibility index (Phi) is 4.42. The van der Waals surface area contributed by atoms with Gasteiger partial charge >= 0.3 is 0 Å². The van der Waals surface area contributed by atoms with Gasteiger partial charge in [0.15, 0.2) is 0 Å². The second-order valence-corrected chi connectivity index (χ2v) is 5.63. The molecule has 1 heterocycles. The molecule has 1 aliphatic rings. The Hall–Kier alpha value is -1.85. The van der Waals surface area contributed by atoms with Gasteiger partial charge in [-0.25, -0.2) is 0 Å². The summed E-state index contributed by atoms with van der Waals surface area (Å²) < 4.78 is 1.68. The summed E-state index contributed by atoms with van der Waals surface area (Å²) in [6.07, 6.45) is 5.17. The molecule has 6 nitrogen and oxygen atoms in total. The van der Waals surface area contributed by atoms with E-state index in [1.807, 2.05) is 13.8 Å². The van der Waals surface area contributed by atoms with Crippen LogP contribution in [0.2, 0.25) is 0 Å². The maximum atomic E-state index is 12.3. The Morgan fingerprint density at radius 2 is 2.10 bits per heavy atom. The van der Waals surface area contributed by atoms with E-state index in [9.17, 15) is 9.59 Å². The summed E-state index contributed by atoms with van der Waals surface area (Å²) >= 11 is 0. The zero-order valence-corrected chi connectivity index (χ0v) is 12.0. The zero-order chi connectivity index (χ0) is 14.7. The molecule has 110 valence electrons. The first-order chi connectivity index (χ1) is 9.50. The molecule has 0 saturated heterocycles. The summed E-state index contributed by atoms with van der Waals surface area (Å²) in [5, 5.41) is 7.10. The third-order valence-corrected chi connectivity index (χ3v) is 3.84. The summed E-state index contributed by atoms with van der Waals surface area (Å²) in [7, 11) is 0. The fourth-order valence-electron chi connectivity index (χ4n) is 2.79. The molecule has 0 aromatic carbocycles. The number of nitrogens with zero attached hydrogens (tertiary/aromatic N) is 2. The molecule has 2 atom stereocenters. The summed E-state index contributed by atoms with van der Waals surface area (Å²) in [6, 6.07) is 1.64. The molecule has 2 rings (SSSR count). The minimum Gasteiger partial charge on any atom is -0.369 e. The van der Waals surface area contributed by atoms with Gasteiger partial charge < -0.3 is 11.1 Å². The van der Waals surface area contributed by atoms with E-state index >= 15 is 0 Å². The average molecular weight is 278 g/mol. The predicted octanol–water partition coefficient (Wildman–Crippen LogP) is 1.24. The minimum absolute atomic E-state index is 0.115. The SMILES string of the molecule is CC(C)n1nccc1C(=O)NC1CCCCC1C(N)=O. The number of nitrogens with two attached hydrogens (primary N) is 1. The van der Waals surface area contributed by atoms with Crippen LogP contribution >= 0.6 is 0 Å². The van der Waals surface area contributed by atoms with Crippen LogP contribution in [0, 0.1) is 5.92 Å². The van der Waals surface area contributed by atoms with Crippen molar-refractivity contribution in [3.05, 3.63) is 18.0 Å². The van der Waals surface area contributed by atoms with Gasteiger partial charge in [-0.15, -0.1) is 0 Å². The third-order valence-electron chi connectivity index (χ3n) is 3.84. The largest absolute Gasteiger partial charge is 0.369 e. The lowest BCUT2D eigenvalue weighted by atomic mass is 9.84. The van der Waals surface area contributed by atoms with Gasteiger partial charge in [0.05, 0.1) is 5.92 Å². The Bertz CT molecular complexity index is 495. The van der Waals surface area contributed by atoms with E-state index in [1.165, 1.54) is 0 Å². The lowest BCUT2D eigenvalue weighted by Gasteiger charge is -2.30. The first-order valence-corrected chi connectivity index (χ1v) is 7.14. The van der Waals surface area contributed by atoms with Crippen LogP contribution in [-0.4, -0.2) is 27.6 Å². The molecule has 2 unspecified atom stereocenters. The van der Waals surface area contributed by atoms with Gasteiger partial charge in [0, 0.05) is 18.3 Å². The van der Waals surface area contributed by atoms with Crippen molar-refractivity contribution in [2.75, 3.05) is 0 Å². The number of primary amides is 1. The first kappa shape index (κ1) is 14.6. The van der Waals surface area contributed by atoms with Gasteiger partial charge in [-0.3, -0.25) is 14.3 Å². The molecule has 1 aromatic heterocycles. The van der Waals surface area contributed by atoms with E-state index in [-0.39, 0.29) is 29.8 Å². The number of carbonyl (C=O) groups is 2. The van der Waals surface area contributed by atoms with Crippen LogP contribution < -0.4 is 11.1 Å².